The van der Waals surface area contributed by atoms with Gasteiger partial charge in [0.25, 0.3) is 0 Å². The third-order valence-electron chi connectivity index (χ3n) is 3.79. The van der Waals surface area contributed by atoms with Gasteiger partial charge >= 0.3 is 5.97 Å². The van der Waals surface area contributed by atoms with Crippen molar-refractivity contribution in [1.29, 1.82) is 0 Å². The molecule has 0 spiro atoms. The van der Waals surface area contributed by atoms with Gasteiger partial charge in [0.05, 0.1) is 5.56 Å². The van der Waals surface area contributed by atoms with Gasteiger partial charge in [0, 0.05) is 16.3 Å². The van der Waals surface area contributed by atoms with Crippen LogP contribution in [0.3, 0.4) is 0 Å². The van der Waals surface area contributed by atoms with Crippen molar-refractivity contribution in [2.45, 2.75) is 22.1 Å². The molecule has 1 saturated heterocycles. The van der Waals surface area contributed by atoms with E-state index in [0.29, 0.717) is 5.56 Å². The molecule has 114 valence electrons. The number of halogens is 1. The molecule has 0 saturated carbocycles. The largest absolute Gasteiger partial charge is 0.478 e. The van der Waals surface area contributed by atoms with Crippen LogP contribution in [0, 0.1) is 5.82 Å². The maximum Gasteiger partial charge on any atom is 0.336 e. The molecule has 1 unspecified atom stereocenters. The molecule has 0 amide bonds. The molecule has 0 aromatic heterocycles. The first kappa shape index (κ1) is 15.1. The number of hydrogen-bond acceptors (Lipinski definition) is 3. The second-order valence-electron chi connectivity index (χ2n) is 5.30. The van der Waals surface area contributed by atoms with Crippen LogP contribution in [0.5, 0.6) is 0 Å². The van der Waals surface area contributed by atoms with Crippen LogP contribution in [-0.4, -0.2) is 24.2 Å². The normalized spacial score (nSPS) is 17.6. The molecule has 0 bridgehead atoms. The van der Waals surface area contributed by atoms with E-state index in [0.717, 1.165) is 34.9 Å². The van der Waals surface area contributed by atoms with Crippen LogP contribution in [0.4, 0.5) is 4.39 Å². The highest BCUT2D eigenvalue weighted by Gasteiger charge is 2.22. The van der Waals surface area contributed by atoms with Crippen LogP contribution < -0.4 is 5.32 Å². The minimum Gasteiger partial charge on any atom is -0.478 e. The van der Waals surface area contributed by atoms with Crippen LogP contribution >= 0.6 is 11.8 Å². The van der Waals surface area contributed by atoms with E-state index in [1.165, 1.54) is 23.9 Å². The fourth-order valence-corrected chi connectivity index (χ4v) is 3.63. The number of nitrogens with one attached hydrogen (secondary N) is 1. The van der Waals surface area contributed by atoms with Gasteiger partial charge in [-0.3, -0.25) is 0 Å². The zero-order chi connectivity index (χ0) is 15.5. The molecule has 3 nitrogen and oxygen atoms in total. The highest BCUT2D eigenvalue weighted by atomic mass is 32.2. The summed E-state index contributed by atoms with van der Waals surface area (Å²) >= 11 is 1.37. The van der Waals surface area contributed by atoms with Crippen LogP contribution in [-0.2, 0) is 0 Å². The van der Waals surface area contributed by atoms with E-state index in [1.807, 2.05) is 18.2 Å². The lowest BCUT2D eigenvalue weighted by Crippen LogP contribution is -2.11. The average molecular weight is 317 g/mol. The monoisotopic (exact) mass is 317 g/mol. The third-order valence-corrected chi connectivity index (χ3v) is 4.77. The van der Waals surface area contributed by atoms with Crippen LogP contribution in [0.25, 0.3) is 0 Å². The van der Waals surface area contributed by atoms with Crippen molar-refractivity contribution in [3.8, 4) is 0 Å². The first-order valence-electron chi connectivity index (χ1n) is 7.15. The van der Waals surface area contributed by atoms with Gasteiger partial charge in [0.2, 0.25) is 0 Å². The van der Waals surface area contributed by atoms with E-state index in [2.05, 4.69) is 5.32 Å². The molecule has 1 fully saturated rings. The van der Waals surface area contributed by atoms with Crippen molar-refractivity contribution in [2.24, 2.45) is 0 Å². The lowest BCUT2D eigenvalue weighted by molar-refractivity contribution is 0.0695. The number of aromatic carboxylic acids is 1. The molecule has 1 heterocycles. The Hall–Kier alpha value is -1.85. The summed E-state index contributed by atoms with van der Waals surface area (Å²) in [6.45, 7) is 1.74. The number of benzene rings is 2. The fourth-order valence-electron chi connectivity index (χ4n) is 2.73. The molecule has 2 aromatic rings. The van der Waals surface area contributed by atoms with Gasteiger partial charge in [0.15, 0.2) is 0 Å². The molecule has 0 radical (unpaired) electrons. The Morgan fingerprint density at radius 1 is 1.23 bits per heavy atom. The maximum atomic E-state index is 13.2. The Labute approximate surface area is 132 Å². The van der Waals surface area contributed by atoms with E-state index in [4.69, 9.17) is 0 Å². The highest BCUT2D eigenvalue weighted by molar-refractivity contribution is 7.99. The minimum atomic E-state index is -0.913. The van der Waals surface area contributed by atoms with Gasteiger partial charge < -0.3 is 10.4 Å². The van der Waals surface area contributed by atoms with Gasteiger partial charge in [0.1, 0.15) is 5.82 Å². The van der Waals surface area contributed by atoms with E-state index in [-0.39, 0.29) is 11.7 Å². The van der Waals surface area contributed by atoms with Crippen molar-refractivity contribution in [1.82, 2.24) is 5.32 Å². The second-order valence-corrected chi connectivity index (χ2v) is 6.45. The number of rotatable bonds is 4. The molecule has 22 heavy (non-hydrogen) atoms. The van der Waals surface area contributed by atoms with E-state index < -0.39 is 5.97 Å². The lowest BCUT2D eigenvalue weighted by Gasteiger charge is -2.13. The molecule has 5 heteroatoms. The Bertz CT molecular complexity index is 699. The van der Waals surface area contributed by atoms with E-state index in [1.54, 1.807) is 12.1 Å². The van der Waals surface area contributed by atoms with Crippen molar-refractivity contribution < 1.29 is 14.3 Å². The standard InChI is InChI=1S/C17H16FNO2S/c18-12-2-1-3-13(8-12)22-14-4-5-15(11-6-7-19-10-11)16(9-14)17(20)21/h1-5,8-9,11,19H,6-7,10H2,(H,20,21). The first-order valence-corrected chi connectivity index (χ1v) is 7.96. The molecular weight excluding hydrogens is 301 g/mol. The topological polar surface area (TPSA) is 49.3 Å². The average Bonchev–Trinajstić information content (AvgIpc) is 3.01. The van der Waals surface area contributed by atoms with Crippen molar-refractivity contribution in [3.05, 3.63) is 59.4 Å². The predicted octanol–water partition coefficient (Wildman–Crippen LogP) is 3.75. The van der Waals surface area contributed by atoms with Crippen molar-refractivity contribution >= 4 is 17.7 Å². The van der Waals surface area contributed by atoms with Gasteiger partial charge in [-0.05, 0) is 54.8 Å². The van der Waals surface area contributed by atoms with Crippen LogP contribution in [0.1, 0.15) is 28.3 Å². The Morgan fingerprint density at radius 3 is 2.73 bits per heavy atom. The number of carboxylic acids is 1. The van der Waals surface area contributed by atoms with Crippen LogP contribution in [0.15, 0.2) is 52.3 Å². The summed E-state index contributed by atoms with van der Waals surface area (Å²) in [7, 11) is 0. The maximum absolute atomic E-state index is 13.2. The summed E-state index contributed by atoms with van der Waals surface area (Å²) in [5, 5.41) is 12.7. The lowest BCUT2D eigenvalue weighted by atomic mass is 9.93. The molecule has 2 aromatic carbocycles. The SMILES string of the molecule is O=C(O)c1cc(Sc2cccc(F)c2)ccc1C1CCNC1. The van der Waals surface area contributed by atoms with Gasteiger partial charge in [-0.25, -0.2) is 9.18 Å². The zero-order valence-electron chi connectivity index (χ0n) is 11.9. The van der Waals surface area contributed by atoms with Gasteiger partial charge in [-0.2, -0.15) is 0 Å². The Kier molecular flexibility index (Phi) is 4.45. The Balaban J connectivity index is 1.90. The predicted molar refractivity (Wildman–Crippen MR) is 84.2 cm³/mol. The molecular formula is C17H16FNO2S. The van der Waals surface area contributed by atoms with E-state index >= 15 is 0 Å². The number of carbonyl (C=O) groups is 1. The summed E-state index contributed by atoms with van der Waals surface area (Å²) in [5.74, 6) is -0.958. The zero-order valence-corrected chi connectivity index (χ0v) is 12.7. The van der Waals surface area contributed by atoms with Gasteiger partial charge in [-0.1, -0.05) is 23.9 Å². The Morgan fingerprint density at radius 2 is 2.05 bits per heavy atom. The summed E-state index contributed by atoms with van der Waals surface area (Å²) in [4.78, 5) is 13.1. The molecule has 1 aliphatic heterocycles. The van der Waals surface area contributed by atoms with Crippen molar-refractivity contribution in [3.63, 3.8) is 0 Å². The quantitative estimate of drug-likeness (QED) is 0.901. The summed E-state index contributed by atoms with van der Waals surface area (Å²) < 4.78 is 13.2. The molecule has 3 rings (SSSR count). The molecule has 1 atom stereocenters. The summed E-state index contributed by atoms with van der Waals surface area (Å²) in [6, 6.07) is 11.8. The summed E-state index contributed by atoms with van der Waals surface area (Å²) in [5.41, 5.74) is 1.22. The van der Waals surface area contributed by atoms with Gasteiger partial charge in [-0.15, -0.1) is 0 Å². The molecule has 2 N–H and O–H groups in total. The first-order chi connectivity index (χ1) is 10.6. The summed E-state index contributed by atoms with van der Waals surface area (Å²) in [6.07, 6.45) is 0.955. The number of hydrogen-bond donors (Lipinski definition) is 2. The van der Waals surface area contributed by atoms with Crippen LogP contribution in [0.2, 0.25) is 0 Å². The molecule has 0 aliphatic carbocycles. The third kappa shape index (κ3) is 3.31. The van der Waals surface area contributed by atoms with E-state index in [9.17, 15) is 14.3 Å². The molecule has 1 aliphatic rings. The smallest absolute Gasteiger partial charge is 0.336 e. The fraction of sp³-hybridized carbons (Fsp3) is 0.235. The van der Waals surface area contributed by atoms with Crippen molar-refractivity contribution in [2.75, 3.05) is 13.1 Å². The number of carboxylic acid groups (broad SMARTS) is 1. The highest BCUT2D eigenvalue weighted by Crippen LogP contribution is 2.33. The second kappa shape index (κ2) is 6.50. The minimum absolute atomic E-state index is 0.249.